The molecule has 1 aliphatic carbocycles. The lowest BCUT2D eigenvalue weighted by Gasteiger charge is -2.29. The number of alkyl halides is 3. The minimum absolute atomic E-state index is 0.0745. The van der Waals surface area contributed by atoms with Gasteiger partial charge in [0.1, 0.15) is 12.1 Å². The molecule has 2 aromatic heterocycles. The van der Waals surface area contributed by atoms with Crippen LogP contribution in [0.4, 0.5) is 19.0 Å². The minimum atomic E-state index is -4.33. The molecule has 0 spiro atoms. The van der Waals surface area contributed by atoms with Crippen molar-refractivity contribution >= 4 is 16.9 Å². The fourth-order valence-electron chi connectivity index (χ4n) is 3.80. The van der Waals surface area contributed by atoms with Crippen LogP contribution in [-0.4, -0.2) is 38.9 Å². The summed E-state index contributed by atoms with van der Waals surface area (Å²) in [6, 6.07) is 5.96. The number of ether oxygens (including phenoxy) is 1. The lowest BCUT2D eigenvalue weighted by molar-refractivity contribution is -0.138. The summed E-state index contributed by atoms with van der Waals surface area (Å²) in [7, 11) is 0. The van der Waals surface area contributed by atoms with Gasteiger partial charge < -0.3 is 10.1 Å². The Morgan fingerprint density at radius 2 is 1.90 bits per heavy atom. The van der Waals surface area contributed by atoms with Gasteiger partial charge in [-0.05, 0) is 43.7 Å². The molecule has 3 aromatic rings. The zero-order valence-corrected chi connectivity index (χ0v) is 15.7. The second kappa shape index (κ2) is 8.36. The molecule has 1 aromatic carbocycles. The standard InChI is InChI=1S/C20H22F3N5O/c21-20(22,23)17-4-2-1-3-13(17)9-10-29-15-7-5-14(6-8-15)27-18-16-11-26-28-19(16)25-12-24-18/h1-4,11-12,14-15H,5-10H2,(H2,24,25,26,27,28)/t14-,15-. The van der Waals surface area contributed by atoms with E-state index in [1.165, 1.54) is 18.5 Å². The van der Waals surface area contributed by atoms with E-state index in [4.69, 9.17) is 4.74 Å². The normalized spacial score (nSPS) is 20.1. The first-order valence-electron chi connectivity index (χ1n) is 9.68. The van der Waals surface area contributed by atoms with Gasteiger partial charge in [0.15, 0.2) is 5.65 Å². The number of hydrogen-bond donors (Lipinski definition) is 2. The summed E-state index contributed by atoms with van der Waals surface area (Å²) in [6.45, 7) is 0.289. The number of rotatable bonds is 6. The number of nitrogens with one attached hydrogen (secondary N) is 2. The molecular weight excluding hydrogens is 383 g/mol. The zero-order valence-electron chi connectivity index (χ0n) is 15.7. The topological polar surface area (TPSA) is 75.7 Å². The van der Waals surface area contributed by atoms with Crippen LogP contribution in [0.15, 0.2) is 36.8 Å². The highest BCUT2D eigenvalue weighted by molar-refractivity contribution is 5.85. The van der Waals surface area contributed by atoms with Crippen molar-refractivity contribution in [3.05, 3.63) is 47.9 Å². The van der Waals surface area contributed by atoms with Crippen molar-refractivity contribution in [2.24, 2.45) is 0 Å². The number of fused-ring (bicyclic) bond motifs is 1. The van der Waals surface area contributed by atoms with Gasteiger partial charge in [-0.1, -0.05) is 18.2 Å². The number of H-pyrrole nitrogens is 1. The van der Waals surface area contributed by atoms with Gasteiger partial charge in [-0.3, -0.25) is 5.10 Å². The van der Waals surface area contributed by atoms with Crippen LogP contribution in [0.1, 0.15) is 36.8 Å². The quantitative estimate of drug-likeness (QED) is 0.638. The fraction of sp³-hybridized carbons (Fsp3) is 0.450. The highest BCUT2D eigenvalue weighted by atomic mass is 19.4. The van der Waals surface area contributed by atoms with Gasteiger partial charge in [0.2, 0.25) is 0 Å². The Morgan fingerprint density at radius 3 is 2.69 bits per heavy atom. The molecule has 154 valence electrons. The number of benzene rings is 1. The second-order valence-electron chi connectivity index (χ2n) is 7.25. The first-order valence-corrected chi connectivity index (χ1v) is 9.68. The highest BCUT2D eigenvalue weighted by Crippen LogP contribution is 2.32. The molecule has 0 unspecified atom stereocenters. The van der Waals surface area contributed by atoms with E-state index in [-0.39, 0.29) is 30.7 Å². The average molecular weight is 405 g/mol. The molecule has 6 nitrogen and oxygen atoms in total. The molecular formula is C20H22F3N5O. The number of halogens is 3. The third kappa shape index (κ3) is 4.67. The molecule has 1 fully saturated rings. The molecule has 0 aliphatic heterocycles. The van der Waals surface area contributed by atoms with Crippen molar-refractivity contribution in [3.63, 3.8) is 0 Å². The maximum absolute atomic E-state index is 13.1. The highest BCUT2D eigenvalue weighted by Gasteiger charge is 2.32. The van der Waals surface area contributed by atoms with Crippen LogP contribution in [0.5, 0.6) is 0 Å². The number of hydrogen-bond acceptors (Lipinski definition) is 5. The maximum Gasteiger partial charge on any atom is 0.416 e. The van der Waals surface area contributed by atoms with Crippen molar-refractivity contribution in [2.45, 2.75) is 50.4 Å². The lowest BCUT2D eigenvalue weighted by atomic mass is 9.93. The Morgan fingerprint density at radius 1 is 1.10 bits per heavy atom. The average Bonchev–Trinajstić information content (AvgIpc) is 3.19. The van der Waals surface area contributed by atoms with Crippen molar-refractivity contribution in [1.82, 2.24) is 20.2 Å². The van der Waals surface area contributed by atoms with E-state index in [9.17, 15) is 13.2 Å². The Balaban J connectivity index is 1.25. The van der Waals surface area contributed by atoms with Gasteiger partial charge in [0, 0.05) is 6.04 Å². The van der Waals surface area contributed by atoms with E-state index < -0.39 is 11.7 Å². The van der Waals surface area contributed by atoms with Crippen LogP contribution in [-0.2, 0) is 17.3 Å². The van der Waals surface area contributed by atoms with E-state index in [0.29, 0.717) is 5.65 Å². The van der Waals surface area contributed by atoms with E-state index in [0.717, 1.165) is 43.0 Å². The van der Waals surface area contributed by atoms with E-state index in [1.54, 1.807) is 12.3 Å². The largest absolute Gasteiger partial charge is 0.416 e. The molecule has 9 heteroatoms. The van der Waals surface area contributed by atoms with Gasteiger partial charge in [-0.15, -0.1) is 0 Å². The monoisotopic (exact) mass is 405 g/mol. The summed E-state index contributed by atoms with van der Waals surface area (Å²) in [4.78, 5) is 8.43. The molecule has 1 aliphatic rings. The summed E-state index contributed by atoms with van der Waals surface area (Å²) in [5, 5.41) is 11.1. The fourth-order valence-corrected chi connectivity index (χ4v) is 3.80. The predicted molar refractivity (Wildman–Crippen MR) is 102 cm³/mol. The Bertz CT molecular complexity index is 950. The van der Waals surface area contributed by atoms with Crippen LogP contribution in [0.2, 0.25) is 0 Å². The minimum Gasteiger partial charge on any atom is -0.378 e. The first kappa shape index (κ1) is 19.6. The van der Waals surface area contributed by atoms with Crippen LogP contribution in [0.25, 0.3) is 11.0 Å². The third-order valence-electron chi connectivity index (χ3n) is 5.31. The maximum atomic E-state index is 13.1. The zero-order chi connectivity index (χ0) is 20.3. The summed E-state index contributed by atoms with van der Waals surface area (Å²) < 4.78 is 45.1. The van der Waals surface area contributed by atoms with Crippen molar-refractivity contribution in [1.29, 1.82) is 0 Å². The van der Waals surface area contributed by atoms with Gasteiger partial charge in [-0.2, -0.15) is 18.3 Å². The molecule has 0 radical (unpaired) electrons. The Hall–Kier alpha value is -2.68. The molecule has 0 saturated heterocycles. The van der Waals surface area contributed by atoms with E-state index >= 15 is 0 Å². The molecule has 29 heavy (non-hydrogen) atoms. The van der Waals surface area contributed by atoms with Gasteiger partial charge in [0.05, 0.1) is 29.9 Å². The van der Waals surface area contributed by atoms with Crippen molar-refractivity contribution in [3.8, 4) is 0 Å². The molecule has 1 saturated carbocycles. The SMILES string of the molecule is FC(F)(F)c1ccccc1CCO[C@H]1CC[C@H](Nc2ncnc3[nH]ncc23)CC1. The molecule has 2 N–H and O–H groups in total. The lowest BCUT2D eigenvalue weighted by Crippen LogP contribution is -2.30. The van der Waals surface area contributed by atoms with E-state index in [1.807, 2.05) is 0 Å². The summed E-state index contributed by atoms with van der Waals surface area (Å²) in [5.74, 6) is 0.761. The van der Waals surface area contributed by atoms with Crippen LogP contribution >= 0.6 is 0 Å². The van der Waals surface area contributed by atoms with Crippen molar-refractivity contribution in [2.75, 3.05) is 11.9 Å². The molecule has 0 bridgehead atoms. The number of aromatic nitrogens is 4. The van der Waals surface area contributed by atoms with Gasteiger partial charge in [0.25, 0.3) is 0 Å². The number of aromatic amines is 1. The van der Waals surface area contributed by atoms with Crippen LogP contribution in [0, 0.1) is 0 Å². The second-order valence-corrected chi connectivity index (χ2v) is 7.25. The molecule has 4 rings (SSSR count). The summed E-state index contributed by atoms with van der Waals surface area (Å²) in [5.41, 5.74) is 0.397. The van der Waals surface area contributed by atoms with Gasteiger partial charge >= 0.3 is 6.18 Å². The molecule has 0 atom stereocenters. The Kier molecular flexibility index (Phi) is 5.66. The van der Waals surface area contributed by atoms with E-state index in [2.05, 4.69) is 25.5 Å². The third-order valence-corrected chi connectivity index (χ3v) is 5.31. The first-order chi connectivity index (χ1) is 14.0. The van der Waals surface area contributed by atoms with Crippen LogP contribution in [0.3, 0.4) is 0 Å². The molecule has 0 amide bonds. The summed E-state index contributed by atoms with van der Waals surface area (Å²) >= 11 is 0. The summed E-state index contributed by atoms with van der Waals surface area (Å²) in [6.07, 6.45) is 2.73. The number of anilines is 1. The smallest absolute Gasteiger partial charge is 0.378 e. The van der Waals surface area contributed by atoms with Crippen LogP contribution < -0.4 is 5.32 Å². The molecule has 2 heterocycles. The van der Waals surface area contributed by atoms with Gasteiger partial charge in [-0.25, -0.2) is 9.97 Å². The predicted octanol–water partition coefficient (Wildman–Crippen LogP) is 4.35. The Labute approximate surface area is 165 Å². The number of nitrogens with zero attached hydrogens (tertiary/aromatic N) is 3. The van der Waals surface area contributed by atoms with Crippen molar-refractivity contribution < 1.29 is 17.9 Å².